The first-order valence-electron chi connectivity index (χ1n) is 7.97. The quantitative estimate of drug-likeness (QED) is 0.815. The van der Waals surface area contributed by atoms with E-state index in [2.05, 4.69) is 31.2 Å². The maximum atomic E-state index is 12.4. The van der Waals surface area contributed by atoms with Gasteiger partial charge in [-0.2, -0.15) is 0 Å². The van der Waals surface area contributed by atoms with Gasteiger partial charge in [0.05, 0.1) is 0 Å². The van der Waals surface area contributed by atoms with Gasteiger partial charge in [-0.15, -0.1) is 0 Å². The van der Waals surface area contributed by atoms with Crippen LogP contribution in [0.1, 0.15) is 58.4 Å². The molecule has 1 fully saturated rings. The molecule has 116 valence electrons. The van der Waals surface area contributed by atoms with Crippen molar-refractivity contribution in [1.82, 2.24) is 4.90 Å². The molecular formula is C18H27NO2. The Kier molecular flexibility index (Phi) is 4.92. The van der Waals surface area contributed by atoms with E-state index >= 15 is 0 Å². The summed E-state index contributed by atoms with van der Waals surface area (Å²) in [5.41, 5.74) is 0.888. The van der Waals surface area contributed by atoms with E-state index < -0.39 is 5.60 Å². The Balaban J connectivity index is 2.15. The minimum atomic E-state index is -0.432. The summed E-state index contributed by atoms with van der Waals surface area (Å²) in [5, 5.41) is 0. The Bertz CT molecular complexity index is 464. The molecule has 0 aliphatic carbocycles. The molecule has 0 spiro atoms. The minimum absolute atomic E-state index is 0.167. The zero-order valence-corrected chi connectivity index (χ0v) is 13.6. The van der Waals surface area contributed by atoms with Crippen LogP contribution in [-0.4, -0.2) is 29.2 Å². The second-order valence-electron chi connectivity index (χ2n) is 6.81. The second kappa shape index (κ2) is 6.50. The molecule has 1 amide bonds. The summed E-state index contributed by atoms with van der Waals surface area (Å²) in [5.74, 6) is 0.390. The molecule has 1 aromatic carbocycles. The van der Waals surface area contributed by atoms with E-state index in [4.69, 9.17) is 4.74 Å². The van der Waals surface area contributed by atoms with Gasteiger partial charge in [-0.1, -0.05) is 37.3 Å². The zero-order chi connectivity index (χ0) is 15.5. The minimum Gasteiger partial charge on any atom is -0.444 e. The van der Waals surface area contributed by atoms with Gasteiger partial charge < -0.3 is 9.64 Å². The summed E-state index contributed by atoms with van der Waals surface area (Å²) in [6, 6.07) is 10.8. The first-order valence-corrected chi connectivity index (χ1v) is 7.97. The number of rotatable bonds is 3. The normalized spacial score (nSPS) is 20.4. The van der Waals surface area contributed by atoms with Crippen molar-refractivity contribution in [2.24, 2.45) is 0 Å². The summed E-state index contributed by atoms with van der Waals surface area (Å²) in [7, 11) is 0. The molecule has 1 aromatic rings. The molecule has 1 aliphatic rings. The number of nitrogens with zero attached hydrogens (tertiary/aromatic N) is 1. The molecule has 1 saturated heterocycles. The number of carbonyl (C=O) groups excluding carboxylic acids is 1. The SMILES string of the molecule is CC[C@@H](c1ccccc1)[C@H]1CCCN1C(=O)OC(C)(C)C. The molecule has 2 rings (SSSR count). The van der Waals surface area contributed by atoms with Gasteiger partial charge in [-0.3, -0.25) is 0 Å². The highest BCUT2D eigenvalue weighted by Gasteiger charge is 2.36. The predicted molar refractivity (Wildman–Crippen MR) is 85.4 cm³/mol. The van der Waals surface area contributed by atoms with Gasteiger partial charge in [0.2, 0.25) is 0 Å². The fraction of sp³-hybridized carbons (Fsp3) is 0.611. The molecule has 2 atom stereocenters. The Labute approximate surface area is 128 Å². The Hall–Kier alpha value is -1.51. The predicted octanol–water partition coefficient (Wildman–Crippen LogP) is 4.58. The Morgan fingerprint density at radius 3 is 2.57 bits per heavy atom. The third kappa shape index (κ3) is 3.99. The lowest BCUT2D eigenvalue weighted by Crippen LogP contribution is -2.42. The van der Waals surface area contributed by atoms with Gasteiger partial charge in [0.15, 0.2) is 0 Å². The summed E-state index contributed by atoms with van der Waals surface area (Å²) in [6.07, 6.45) is 2.99. The van der Waals surface area contributed by atoms with E-state index in [1.165, 1.54) is 5.56 Å². The van der Waals surface area contributed by atoms with Crippen LogP contribution in [0.15, 0.2) is 30.3 Å². The van der Waals surface area contributed by atoms with Crippen LogP contribution in [0.5, 0.6) is 0 Å². The molecule has 0 saturated carbocycles. The number of likely N-dealkylation sites (tertiary alicyclic amines) is 1. The molecule has 0 bridgehead atoms. The molecule has 0 N–H and O–H groups in total. The molecule has 3 heteroatoms. The zero-order valence-electron chi connectivity index (χ0n) is 13.6. The lowest BCUT2D eigenvalue weighted by atomic mass is 9.88. The smallest absolute Gasteiger partial charge is 0.410 e. The van der Waals surface area contributed by atoms with Crippen molar-refractivity contribution in [2.75, 3.05) is 6.54 Å². The second-order valence-corrected chi connectivity index (χ2v) is 6.81. The van der Waals surface area contributed by atoms with Crippen LogP contribution in [0, 0.1) is 0 Å². The van der Waals surface area contributed by atoms with Crippen molar-refractivity contribution in [3.05, 3.63) is 35.9 Å². The van der Waals surface area contributed by atoms with Crippen molar-refractivity contribution in [3.8, 4) is 0 Å². The number of hydrogen-bond donors (Lipinski definition) is 0. The maximum Gasteiger partial charge on any atom is 0.410 e. The van der Waals surface area contributed by atoms with Gasteiger partial charge in [0, 0.05) is 18.5 Å². The van der Waals surface area contributed by atoms with Crippen LogP contribution in [0.4, 0.5) is 4.79 Å². The van der Waals surface area contributed by atoms with E-state index in [1.54, 1.807) is 0 Å². The van der Waals surface area contributed by atoms with Gasteiger partial charge in [0.25, 0.3) is 0 Å². The summed E-state index contributed by atoms with van der Waals surface area (Å²) < 4.78 is 5.57. The molecule has 1 aliphatic heterocycles. The Morgan fingerprint density at radius 2 is 2.00 bits per heavy atom. The van der Waals surface area contributed by atoms with Crippen molar-refractivity contribution in [1.29, 1.82) is 0 Å². The lowest BCUT2D eigenvalue weighted by molar-refractivity contribution is 0.0204. The maximum absolute atomic E-state index is 12.4. The molecule has 0 unspecified atom stereocenters. The largest absolute Gasteiger partial charge is 0.444 e. The molecular weight excluding hydrogens is 262 g/mol. The summed E-state index contributed by atoms with van der Waals surface area (Å²) >= 11 is 0. The highest BCUT2D eigenvalue weighted by molar-refractivity contribution is 5.69. The summed E-state index contributed by atoms with van der Waals surface area (Å²) in [6.45, 7) is 8.77. The van der Waals surface area contributed by atoms with Crippen LogP contribution in [0.25, 0.3) is 0 Å². The molecule has 3 nitrogen and oxygen atoms in total. The van der Waals surface area contributed by atoms with E-state index in [9.17, 15) is 4.79 Å². The van der Waals surface area contributed by atoms with E-state index in [1.807, 2.05) is 31.7 Å². The fourth-order valence-corrected chi connectivity index (χ4v) is 3.19. The van der Waals surface area contributed by atoms with Gasteiger partial charge in [0.1, 0.15) is 5.60 Å². The average Bonchev–Trinajstić information content (AvgIpc) is 2.88. The first-order chi connectivity index (χ1) is 9.92. The number of hydrogen-bond acceptors (Lipinski definition) is 2. The van der Waals surface area contributed by atoms with E-state index in [0.717, 1.165) is 25.8 Å². The van der Waals surface area contributed by atoms with Crippen molar-refractivity contribution >= 4 is 6.09 Å². The summed E-state index contributed by atoms with van der Waals surface area (Å²) in [4.78, 5) is 14.4. The lowest BCUT2D eigenvalue weighted by Gasteiger charge is -2.33. The Morgan fingerprint density at radius 1 is 1.33 bits per heavy atom. The van der Waals surface area contributed by atoms with Crippen molar-refractivity contribution in [3.63, 3.8) is 0 Å². The van der Waals surface area contributed by atoms with Crippen molar-refractivity contribution in [2.45, 2.75) is 64.5 Å². The van der Waals surface area contributed by atoms with E-state index in [-0.39, 0.29) is 12.1 Å². The third-order valence-electron chi connectivity index (χ3n) is 4.06. The topological polar surface area (TPSA) is 29.5 Å². The van der Waals surface area contributed by atoms with Crippen LogP contribution in [0.2, 0.25) is 0 Å². The molecule has 21 heavy (non-hydrogen) atoms. The first kappa shape index (κ1) is 15.9. The number of amides is 1. The number of carbonyl (C=O) groups is 1. The average molecular weight is 289 g/mol. The third-order valence-corrected chi connectivity index (χ3v) is 4.06. The van der Waals surface area contributed by atoms with Crippen molar-refractivity contribution < 1.29 is 9.53 Å². The van der Waals surface area contributed by atoms with Crippen LogP contribution in [0.3, 0.4) is 0 Å². The standard InChI is InChI=1S/C18H27NO2/c1-5-15(14-10-7-6-8-11-14)16-12-9-13-19(16)17(20)21-18(2,3)4/h6-8,10-11,15-16H,5,9,12-13H2,1-4H3/t15-,16+/m0/s1. The molecule has 1 heterocycles. The van der Waals surface area contributed by atoms with Crippen LogP contribution in [-0.2, 0) is 4.74 Å². The highest BCUT2D eigenvalue weighted by Crippen LogP contribution is 2.34. The fourth-order valence-electron chi connectivity index (χ4n) is 3.19. The van der Waals surface area contributed by atoms with Gasteiger partial charge in [-0.25, -0.2) is 4.79 Å². The van der Waals surface area contributed by atoms with Gasteiger partial charge >= 0.3 is 6.09 Å². The van der Waals surface area contributed by atoms with Crippen LogP contribution < -0.4 is 0 Å². The molecule has 0 aromatic heterocycles. The molecule has 0 radical (unpaired) electrons. The monoisotopic (exact) mass is 289 g/mol. The highest BCUT2D eigenvalue weighted by atomic mass is 16.6. The number of ether oxygens (including phenoxy) is 1. The van der Waals surface area contributed by atoms with Gasteiger partial charge in [-0.05, 0) is 45.6 Å². The van der Waals surface area contributed by atoms with E-state index in [0.29, 0.717) is 5.92 Å². The number of benzene rings is 1. The van der Waals surface area contributed by atoms with Crippen LogP contribution >= 0.6 is 0 Å².